The minimum absolute atomic E-state index is 0.241. The van der Waals surface area contributed by atoms with E-state index in [1.165, 1.54) is 43.4 Å². The number of aromatic nitrogens is 4. The van der Waals surface area contributed by atoms with E-state index < -0.39 is 0 Å². The van der Waals surface area contributed by atoms with Crippen LogP contribution in [-0.4, -0.2) is 26.8 Å². The zero-order chi connectivity index (χ0) is 16.5. The SMILES string of the molecule is CC(C)[C@@H](c1nnnn1C1CCCCC1)N1CCc2ccccc21. The fourth-order valence-electron chi connectivity index (χ4n) is 4.43. The molecule has 4 rings (SSSR count). The highest BCUT2D eigenvalue weighted by atomic mass is 15.6. The molecule has 1 aromatic heterocycles. The van der Waals surface area contributed by atoms with E-state index in [1.807, 2.05) is 0 Å². The number of para-hydroxylation sites is 1. The van der Waals surface area contributed by atoms with Gasteiger partial charge in [-0.15, -0.1) is 5.10 Å². The van der Waals surface area contributed by atoms with Crippen molar-refractivity contribution in [2.45, 2.75) is 64.5 Å². The van der Waals surface area contributed by atoms with Crippen molar-refractivity contribution in [1.29, 1.82) is 0 Å². The van der Waals surface area contributed by atoms with Gasteiger partial charge in [-0.25, -0.2) is 4.68 Å². The number of nitrogens with zero attached hydrogens (tertiary/aromatic N) is 5. The normalized spacial score (nSPS) is 19.7. The fraction of sp³-hybridized carbons (Fsp3) is 0.632. The molecule has 0 bridgehead atoms. The Morgan fingerprint density at radius 2 is 1.88 bits per heavy atom. The Labute approximate surface area is 144 Å². The third-order valence-corrected chi connectivity index (χ3v) is 5.59. The van der Waals surface area contributed by atoms with Crippen LogP contribution in [-0.2, 0) is 6.42 Å². The van der Waals surface area contributed by atoms with Crippen molar-refractivity contribution < 1.29 is 0 Å². The van der Waals surface area contributed by atoms with Crippen LogP contribution in [0.15, 0.2) is 24.3 Å². The number of hydrogen-bond donors (Lipinski definition) is 0. The van der Waals surface area contributed by atoms with Crippen LogP contribution >= 0.6 is 0 Å². The molecule has 0 amide bonds. The van der Waals surface area contributed by atoms with E-state index >= 15 is 0 Å². The Hall–Kier alpha value is -1.91. The van der Waals surface area contributed by atoms with Crippen LogP contribution in [0.1, 0.15) is 69.4 Å². The van der Waals surface area contributed by atoms with E-state index in [1.54, 1.807) is 0 Å². The van der Waals surface area contributed by atoms with E-state index in [0.717, 1.165) is 18.8 Å². The van der Waals surface area contributed by atoms with E-state index in [9.17, 15) is 0 Å². The summed E-state index contributed by atoms with van der Waals surface area (Å²) in [5.41, 5.74) is 2.80. The molecule has 0 spiro atoms. The second-order valence-electron chi connectivity index (χ2n) is 7.53. The summed E-state index contributed by atoms with van der Waals surface area (Å²) in [6.45, 7) is 5.62. The number of tetrazole rings is 1. The monoisotopic (exact) mass is 325 g/mol. The van der Waals surface area contributed by atoms with Crippen molar-refractivity contribution in [3.63, 3.8) is 0 Å². The lowest BCUT2D eigenvalue weighted by atomic mass is 9.94. The topological polar surface area (TPSA) is 46.8 Å². The predicted molar refractivity (Wildman–Crippen MR) is 95.0 cm³/mol. The van der Waals surface area contributed by atoms with Crippen molar-refractivity contribution in [3.05, 3.63) is 35.7 Å². The Bertz CT molecular complexity index is 687. The molecule has 0 radical (unpaired) electrons. The third kappa shape index (κ3) is 2.70. The molecule has 1 atom stereocenters. The van der Waals surface area contributed by atoms with Crippen molar-refractivity contribution in [1.82, 2.24) is 20.2 Å². The maximum Gasteiger partial charge on any atom is 0.174 e. The highest BCUT2D eigenvalue weighted by molar-refractivity contribution is 5.59. The van der Waals surface area contributed by atoms with Crippen LogP contribution in [0.4, 0.5) is 5.69 Å². The molecule has 1 saturated carbocycles. The van der Waals surface area contributed by atoms with Crippen LogP contribution in [0.2, 0.25) is 0 Å². The van der Waals surface area contributed by atoms with Crippen molar-refractivity contribution in [3.8, 4) is 0 Å². The van der Waals surface area contributed by atoms with Gasteiger partial charge in [0.25, 0.3) is 0 Å². The first-order valence-corrected chi connectivity index (χ1v) is 9.38. The molecule has 2 aliphatic rings. The van der Waals surface area contributed by atoms with Crippen molar-refractivity contribution in [2.24, 2.45) is 5.92 Å². The Morgan fingerprint density at radius 1 is 1.08 bits per heavy atom. The molecule has 0 saturated heterocycles. The average Bonchev–Trinajstić information content (AvgIpc) is 3.24. The molecule has 1 aliphatic heterocycles. The molecule has 0 unspecified atom stereocenters. The summed E-state index contributed by atoms with van der Waals surface area (Å²) >= 11 is 0. The molecular weight excluding hydrogens is 298 g/mol. The number of fused-ring (bicyclic) bond motifs is 1. The maximum absolute atomic E-state index is 4.49. The maximum atomic E-state index is 4.49. The molecule has 2 aromatic rings. The number of benzene rings is 1. The lowest BCUT2D eigenvalue weighted by Crippen LogP contribution is -2.34. The number of anilines is 1. The summed E-state index contributed by atoms with van der Waals surface area (Å²) in [6, 6.07) is 9.48. The van der Waals surface area contributed by atoms with E-state index in [2.05, 4.69) is 63.2 Å². The smallest absolute Gasteiger partial charge is 0.174 e. The minimum atomic E-state index is 0.241. The van der Waals surface area contributed by atoms with Gasteiger partial charge in [-0.3, -0.25) is 0 Å². The van der Waals surface area contributed by atoms with Crippen LogP contribution in [0, 0.1) is 5.92 Å². The van der Waals surface area contributed by atoms with Gasteiger partial charge >= 0.3 is 0 Å². The van der Waals surface area contributed by atoms with Crippen molar-refractivity contribution in [2.75, 3.05) is 11.4 Å². The van der Waals surface area contributed by atoms with Crippen LogP contribution in [0.3, 0.4) is 0 Å². The van der Waals surface area contributed by atoms with Gasteiger partial charge in [0.1, 0.15) is 0 Å². The highest BCUT2D eigenvalue weighted by Gasteiger charge is 2.34. The minimum Gasteiger partial charge on any atom is -0.360 e. The molecule has 1 fully saturated rings. The van der Waals surface area contributed by atoms with E-state index in [-0.39, 0.29) is 6.04 Å². The van der Waals surface area contributed by atoms with Gasteiger partial charge in [0.15, 0.2) is 5.82 Å². The van der Waals surface area contributed by atoms with Gasteiger partial charge in [-0.05, 0) is 47.2 Å². The lowest BCUT2D eigenvalue weighted by Gasteiger charge is -2.34. The van der Waals surface area contributed by atoms with Gasteiger partial charge in [0, 0.05) is 12.2 Å². The largest absolute Gasteiger partial charge is 0.360 e. The lowest BCUT2D eigenvalue weighted by molar-refractivity contribution is 0.302. The zero-order valence-corrected chi connectivity index (χ0v) is 14.7. The number of rotatable bonds is 4. The first-order chi connectivity index (χ1) is 11.8. The van der Waals surface area contributed by atoms with E-state index in [0.29, 0.717) is 12.0 Å². The summed E-state index contributed by atoms with van der Waals surface area (Å²) in [5.74, 6) is 1.51. The second-order valence-corrected chi connectivity index (χ2v) is 7.53. The Balaban J connectivity index is 1.69. The molecule has 5 nitrogen and oxygen atoms in total. The number of hydrogen-bond acceptors (Lipinski definition) is 4. The third-order valence-electron chi connectivity index (χ3n) is 5.59. The second kappa shape index (κ2) is 6.54. The molecule has 128 valence electrons. The van der Waals surface area contributed by atoms with Crippen LogP contribution in [0.25, 0.3) is 0 Å². The molecule has 24 heavy (non-hydrogen) atoms. The van der Waals surface area contributed by atoms with E-state index in [4.69, 9.17) is 0 Å². The Morgan fingerprint density at radius 3 is 2.67 bits per heavy atom. The summed E-state index contributed by atoms with van der Waals surface area (Å²) in [5, 5.41) is 13.0. The molecule has 1 aliphatic carbocycles. The highest BCUT2D eigenvalue weighted by Crippen LogP contribution is 2.39. The van der Waals surface area contributed by atoms with Gasteiger partial charge in [0.05, 0.1) is 12.1 Å². The van der Waals surface area contributed by atoms with Gasteiger partial charge in [-0.1, -0.05) is 51.3 Å². The average molecular weight is 325 g/mol. The van der Waals surface area contributed by atoms with Crippen LogP contribution < -0.4 is 4.90 Å². The summed E-state index contributed by atoms with van der Waals surface area (Å²) in [6.07, 6.45) is 7.47. The molecular formula is C19H27N5. The quantitative estimate of drug-likeness (QED) is 0.854. The summed E-state index contributed by atoms with van der Waals surface area (Å²) in [4.78, 5) is 2.52. The molecule has 5 heteroatoms. The Kier molecular flexibility index (Phi) is 4.25. The summed E-state index contributed by atoms with van der Waals surface area (Å²) in [7, 11) is 0. The van der Waals surface area contributed by atoms with Gasteiger partial charge in [-0.2, -0.15) is 0 Å². The first kappa shape index (κ1) is 15.6. The molecule has 0 N–H and O–H groups in total. The van der Waals surface area contributed by atoms with Gasteiger partial charge in [0.2, 0.25) is 0 Å². The van der Waals surface area contributed by atoms with Crippen LogP contribution in [0.5, 0.6) is 0 Å². The van der Waals surface area contributed by atoms with Crippen molar-refractivity contribution >= 4 is 5.69 Å². The fourth-order valence-corrected chi connectivity index (χ4v) is 4.43. The predicted octanol–water partition coefficient (Wildman–Crippen LogP) is 3.94. The summed E-state index contributed by atoms with van der Waals surface area (Å²) < 4.78 is 2.14. The molecule has 2 heterocycles. The molecule has 1 aromatic carbocycles. The standard InChI is InChI=1S/C19H27N5/c1-14(2)18(23-13-12-15-8-6-7-11-17(15)23)19-20-21-22-24(19)16-9-4-3-5-10-16/h6-8,11,14,16,18H,3-5,9-10,12-13H2,1-2H3/t18-/m0/s1. The first-order valence-electron chi connectivity index (χ1n) is 9.38. The zero-order valence-electron chi connectivity index (χ0n) is 14.7. The van der Waals surface area contributed by atoms with Gasteiger partial charge < -0.3 is 4.90 Å².